The molecule has 0 saturated carbocycles. The lowest BCUT2D eigenvalue weighted by molar-refractivity contribution is 0.252. The lowest BCUT2D eigenvalue weighted by Crippen LogP contribution is -2.38. The number of rotatable bonds is 8. The fraction of sp³-hybridized carbons (Fsp3) is 0.167. The number of methoxy groups -OCH3 is 1. The monoisotopic (exact) mass is 530 g/mol. The van der Waals surface area contributed by atoms with Crippen LogP contribution in [0.3, 0.4) is 0 Å². The Morgan fingerprint density at radius 3 is 2.45 bits per heavy atom. The molecule has 0 bridgehead atoms. The predicted molar refractivity (Wildman–Crippen MR) is 137 cm³/mol. The van der Waals surface area contributed by atoms with Gasteiger partial charge in [-0.05, 0) is 76.9 Å². The van der Waals surface area contributed by atoms with E-state index in [-0.39, 0.29) is 12.1 Å². The van der Waals surface area contributed by atoms with Gasteiger partial charge < -0.3 is 20.7 Å². The summed E-state index contributed by atoms with van der Waals surface area (Å²) >= 11 is 9.43. The van der Waals surface area contributed by atoms with Crippen molar-refractivity contribution >= 4 is 56.7 Å². The molecule has 0 unspecified atom stereocenters. The van der Waals surface area contributed by atoms with Crippen molar-refractivity contribution in [1.29, 1.82) is 0 Å². The number of para-hydroxylation sites is 1. The fourth-order valence-corrected chi connectivity index (χ4v) is 3.61. The van der Waals surface area contributed by atoms with E-state index in [2.05, 4.69) is 31.9 Å². The van der Waals surface area contributed by atoms with Gasteiger partial charge in [0.15, 0.2) is 0 Å². The van der Waals surface area contributed by atoms with Crippen LogP contribution in [0, 0.1) is 0 Å². The van der Waals surface area contributed by atoms with E-state index >= 15 is 0 Å². The number of halogens is 2. The predicted octanol–water partition coefficient (Wildman–Crippen LogP) is 6.36. The van der Waals surface area contributed by atoms with E-state index in [0.29, 0.717) is 47.3 Å². The quantitative estimate of drug-likeness (QED) is 0.296. The second-order valence-corrected chi connectivity index (χ2v) is 8.30. The summed E-state index contributed by atoms with van der Waals surface area (Å²) in [4.78, 5) is 26.8. The van der Waals surface area contributed by atoms with Gasteiger partial charge in [-0.2, -0.15) is 0 Å². The van der Waals surface area contributed by atoms with Crippen LogP contribution in [0.4, 0.5) is 26.7 Å². The summed E-state index contributed by atoms with van der Waals surface area (Å²) in [5.41, 5.74) is 1.97. The molecule has 0 aromatic heterocycles. The van der Waals surface area contributed by atoms with Crippen LogP contribution in [0.15, 0.2) is 77.3 Å². The number of carbonyl (C=O) groups excluding carboxylic acids is 2. The molecule has 0 fully saturated rings. The minimum atomic E-state index is -0.318. The molecule has 0 spiro atoms. The van der Waals surface area contributed by atoms with E-state index in [4.69, 9.17) is 16.3 Å². The smallest absolute Gasteiger partial charge is 0.326 e. The number of nitrogens with one attached hydrogen (secondary N) is 3. The molecule has 3 N–H and O–H groups in total. The van der Waals surface area contributed by atoms with Crippen LogP contribution < -0.4 is 25.6 Å². The summed E-state index contributed by atoms with van der Waals surface area (Å²) in [6.45, 7) is 0.765. The zero-order chi connectivity index (χ0) is 23.6. The Morgan fingerprint density at radius 2 is 1.76 bits per heavy atom. The van der Waals surface area contributed by atoms with Crippen LogP contribution in [0.25, 0.3) is 0 Å². The molecule has 0 heterocycles. The average molecular weight is 532 g/mol. The number of amides is 4. The van der Waals surface area contributed by atoms with Gasteiger partial charge in [0.05, 0.1) is 12.8 Å². The number of urea groups is 2. The topological polar surface area (TPSA) is 82.7 Å². The van der Waals surface area contributed by atoms with Crippen molar-refractivity contribution in [2.45, 2.75) is 6.42 Å². The Hall–Kier alpha value is -3.23. The molecule has 0 aliphatic rings. The molecule has 172 valence electrons. The van der Waals surface area contributed by atoms with E-state index in [1.165, 1.54) is 0 Å². The first-order valence-electron chi connectivity index (χ1n) is 10.2. The highest BCUT2D eigenvalue weighted by molar-refractivity contribution is 9.10. The third-order valence-corrected chi connectivity index (χ3v) is 5.60. The molecular weight excluding hydrogens is 508 g/mol. The molecule has 9 heteroatoms. The van der Waals surface area contributed by atoms with Crippen LogP contribution in [0.1, 0.15) is 6.42 Å². The summed E-state index contributed by atoms with van der Waals surface area (Å²) in [7, 11) is 1.59. The highest BCUT2D eigenvalue weighted by Crippen LogP contribution is 2.22. The SMILES string of the molecule is COc1ccc(N(CCCNC(=O)Nc2ccccc2Br)C(=O)Nc2cccc(Cl)c2)cc1. The molecule has 3 aromatic carbocycles. The van der Waals surface area contributed by atoms with Gasteiger partial charge >= 0.3 is 12.1 Å². The molecule has 0 aliphatic heterocycles. The third-order valence-electron chi connectivity index (χ3n) is 4.67. The highest BCUT2D eigenvalue weighted by atomic mass is 79.9. The van der Waals surface area contributed by atoms with Crippen molar-refractivity contribution in [1.82, 2.24) is 5.32 Å². The van der Waals surface area contributed by atoms with Crippen molar-refractivity contribution in [3.05, 3.63) is 82.3 Å². The van der Waals surface area contributed by atoms with Gasteiger partial charge in [-0.3, -0.25) is 4.90 Å². The molecule has 0 aliphatic carbocycles. The van der Waals surface area contributed by atoms with Crippen molar-refractivity contribution in [3.63, 3.8) is 0 Å². The van der Waals surface area contributed by atoms with Crippen molar-refractivity contribution in [2.75, 3.05) is 35.7 Å². The molecule has 0 saturated heterocycles. The van der Waals surface area contributed by atoms with Crippen molar-refractivity contribution < 1.29 is 14.3 Å². The van der Waals surface area contributed by atoms with Gasteiger partial charge in [-0.1, -0.05) is 29.8 Å². The Bertz CT molecular complexity index is 1100. The maximum atomic E-state index is 13.0. The molecule has 33 heavy (non-hydrogen) atoms. The minimum absolute atomic E-state index is 0.305. The van der Waals surface area contributed by atoms with Gasteiger partial charge in [-0.25, -0.2) is 9.59 Å². The maximum Gasteiger partial charge on any atom is 0.326 e. The molecule has 4 amide bonds. The zero-order valence-corrected chi connectivity index (χ0v) is 20.3. The summed E-state index contributed by atoms with van der Waals surface area (Å²) in [6, 6.07) is 20.9. The second kappa shape index (κ2) is 12.1. The fourth-order valence-electron chi connectivity index (χ4n) is 3.04. The summed E-state index contributed by atoms with van der Waals surface area (Å²) in [5.74, 6) is 0.694. The van der Waals surface area contributed by atoms with E-state index in [1.807, 2.05) is 30.3 Å². The molecular formula is C24H24BrClN4O3. The lowest BCUT2D eigenvalue weighted by Gasteiger charge is -2.24. The summed E-state index contributed by atoms with van der Waals surface area (Å²) < 4.78 is 6.00. The summed E-state index contributed by atoms with van der Waals surface area (Å²) in [6.07, 6.45) is 0.540. The first-order valence-corrected chi connectivity index (χ1v) is 11.4. The number of hydrogen-bond donors (Lipinski definition) is 3. The first-order chi connectivity index (χ1) is 16.0. The molecule has 3 aromatic rings. The Labute approximate surface area is 206 Å². The molecule has 7 nitrogen and oxygen atoms in total. The van der Waals surface area contributed by atoms with Crippen LogP contribution in [0.2, 0.25) is 5.02 Å². The van der Waals surface area contributed by atoms with Crippen LogP contribution in [0.5, 0.6) is 5.75 Å². The standard InChI is InChI=1S/C24H24BrClN4O3/c1-33-20-12-10-19(11-13-20)30(24(32)28-18-7-4-6-17(26)16-18)15-5-14-27-23(31)29-22-9-3-2-8-21(22)25/h2-4,6-13,16H,5,14-15H2,1H3,(H,28,32)(H2,27,29,31). The first kappa shape index (κ1) is 24.4. The largest absolute Gasteiger partial charge is 0.497 e. The lowest BCUT2D eigenvalue weighted by atomic mass is 10.2. The van der Waals surface area contributed by atoms with Gasteiger partial charge in [0.1, 0.15) is 5.75 Å². The Morgan fingerprint density at radius 1 is 1.00 bits per heavy atom. The Kier molecular flexibility index (Phi) is 8.97. The number of ether oxygens (including phenoxy) is 1. The highest BCUT2D eigenvalue weighted by Gasteiger charge is 2.16. The molecule has 0 atom stereocenters. The number of carbonyl (C=O) groups is 2. The van der Waals surface area contributed by atoms with Gasteiger partial charge in [0.2, 0.25) is 0 Å². The van der Waals surface area contributed by atoms with E-state index < -0.39 is 0 Å². The van der Waals surface area contributed by atoms with Gasteiger partial charge in [-0.15, -0.1) is 0 Å². The molecule has 3 rings (SSSR count). The zero-order valence-electron chi connectivity index (χ0n) is 18.0. The summed E-state index contributed by atoms with van der Waals surface area (Å²) in [5, 5.41) is 9.00. The minimum Gasteiger partial charge on any atom is -0.497 e. The maximum absolute atomic E-state index is 13.0. The van der Waals surface area contributed by atoms with Crippen LogP contribution in [-0.4, -0.2) is 32.3 Å². The average Bonchev–Trinajstić information content (AvgIpc) is 2.80. The number of hydrogen-bond acceptors (Lipinski definition) is 3. The molecule has 0 radical (unpaired) electrons. The number of benzene rings is 3. The second-order valence-electron chi connectivity index (χ2n) is 7.00. The van der Waals surface area contributed by atoms with Gasteiger partial charge in [0.25, 0.3) is 0 Å². The van der Waals surface area contributed by atoms with Crippen LogP contribution >= 0.6 is 27.5 Å². The van der Waals surface area contributed by atoms with Crippen molar-refractivity contribution in [2.24, 2.45) is 0 Å². The third kappa shape index (κ3) is 7.40. The van der Waals surface area contributed by atoms with E-state index in [1.54, 1.807) is 54.5 Å². The number of anilines is 3. The van der Waals surface area contributed by atoms with Gasteiger partial charge in [0, 0.05) is 34.0 Å². The number of nitrogens with zero attached hydrogens (tertiary/aromatic N) is 1. The van der Waals surface area contributed by atoms with E-state index in [0.717, 1.165) is 4.47 Å². The van der Waals surface area contributed by atoms with Crippen molar-refractivity contribution in [3.8, 4) is 5.75 Å². The Balaban J connectivity index is 1.60. The van der Waals surface area contributed by atoms with E-state index in [9.17, 15) is 9.59 Å². The normalized spacial score (nSPS) is 10.3. The van der Waals surface area contributed by atoms with Crippen LogP contribution in [-0.2, 0) is 0 Å².